The summed E-state index contributed by atoms with van der Waals surface area (Å²) in [4.78, 5) is 0. The van der Waals surface area contributed by atoms with Crippen molar-refractivity contribution < 1.29 is 13.5 Å². The van der Waals surface area contributed by atoms with Crippen LogP contribution in [0.3, 0.4) is 0 Å². The van der Waals surface area contributed by atoms with E-state index >= 15 is 0 Å². The monoisotopic (exact) mass is 254 g/mol. The summed E-state index contributed by atoms with van der Waals surface area (Å²) in [5.41, 5.74) is 1.09. The molecule has 5 nitrogen and oxygen atoms in total. The fraction of sp³-hybridized carbons (Fsp3) is 0.364. The molecule has 1 aromatic rings. The summed E-state index contributed by atoms with van der Waals surface area (Å²) < 4.78 is 25.6. The topological polar surface area (TPSA) is 90.2 Å². The van der Waals surface area contributed by atoms with E-state index in [1.165, 1.54) is 0 Å². The maximum Gasteiger partial charge on any atom is 0.216 e. The zero-order valence-electron chi connectivity index (χ0n) is 9.42. The molecule has 0 spiro atoms. The van der Waals surface area contributed by atoms with E-state index in [0.717, 1.165) is 0 Å². The third-order valence-electron chi connectivity index (χ3n) is 2.09. The molecule has 0 amide bonds. The minimum absolute atomic E-state index is 0.164. The SMILES string of the molecule is C[C@@H](CO)NS(=O)(=O)Cc1ccc(C#N)cc1. The van der Waals surface area contributed by atoms with Crippen molar-refractivity contribution in [3.05, 3.63) is 35.4 Å². The van der Waals surface area contributed by atoms with E-state index in [1.807, 2.05) is 6.07 Å². The second-order valence-corrected chi connectivity index (χ2v) is 5.52. The number of sulfonamides is 1. The van der Waals surface area contributed by atoms with Crippen molar-refractivity contribution in [2.75, 3.05) is 6.61 Å². The summed E-state index contributed by atoms with van der Waals surface area (Å²) in [7, 11) is -3.46. The van der Waals surface area contributed by atoms with Crippen LogP contribution in [-0.2, 0) is 15.8 Å². The molecule has 17 heavy (non-hydrogen) atoms. The summed E-state index contributed by atoms with van der Waals surface area (Å²) >= 11 is 0. The van der Waals surface area contributed by atoms with Crippen LogP contribution in [0.25, 0.3) is 0 Å². The molecule has 0 aromatic heterocycles. The number of hydrogen-bond acceptors (Lipinski definition) is 4. The van der Waals surface area contributed by atoms with E-state index in [2.05, 4.69) is 4.72 Å². The van der Waals surface area contributed by atoms with Crippen molar-refractivity contribution in [3.63, 3.8) is 0 Å². The molecule has 0 bridgehead atoms. The number of aliphatic hydroxyl groups excluding tert-OH is 1. The Morgan fingerprint density at radius 2 is 2.00 bits per heavy atom. The van der Waals surface area contributed by atoms with Gasteiger partial charge in [0.05, 0.1) is 24.0 Å². The number of nitrogens with one attached hydrogen (secondary N) is 1. The Kier molecular flexibility index (Phi) is 4.63. The van der Waals surface area contributed by atoms with Gasteiger partial charge in [0.2, 0.25) is 10.0 Å². The van der Waals surface area contributed by atoms with Crippen molar-refractivity contribution in [2.24, 2.45) is 0 Å². The molecule has 0 saturated heterocycles. The molecule has 0 unspecified atom stereocenters. The lowest BCUT2D eigenvalue weighted by Gasteiger charge is -2.11. The second-order valence-electron chi connectivity index (χ2n) is 3.77. The van der Waals surface area contributed by atoms with Crippen molar-refractivity contribution >= 4 is 10.0 Å². The highest BCUT2D eigenvalue weighted by atomic mass is 32.2. The maximum absolute atomic E-state index is 11.6. The van der Waals surface area contributed by atoms with Gasteiger partial charge in [0.25, 0.3) is 0 Å². The molecule has 0 radical (unpaired) electrons. The lowest BCUT2D eigenvalue weighted by Crippen LogP contribution is -2.35. The van der Waals surface area contributed by atoms with Crippen molar-refractivity contribution in [1.29, 1.82) is 5.26 Å². The fourth-order valence-electron chi connectivity index (χ4n) is 1.28. The van der Waals surface area contributed by atoms with Gasteiger partial charge < -0.3 is 5.11 Å². The molecule has 1 atom stereocenters. The predicted octanol–water partition coefficient (Wildman–Crippen LogP) is 0.358. The average molecular weight is 254 g/mol. The maximum atomic E-state index is 11.6. The summed E-state index contributed by atoms with van der Waals surface area (Å²) in [6.07, 6.45) is 0. The fourth-order valence-corrected chi connectivity index (χ4v) is 2.68. The molecule has 0 fully saturated rings. The van der Waals surface area contributed by atoms with Crippen LogP contribution >= 0.6 is 0 Å². The van der Waals surface area contributed by atoms with Crippen molar-refractivity contribution in [2.45, 2.75) is 18.7 Å². The first-order valence-electron chi connectivity index (χ1n) is 5.07. The second kappa shape index (κ2) is 5.77. The van der Waals surface area contributed by atoms with Crippen molar-refractivity contribution in [3.8, 4) is 6.07 Å². The van der Waals surface area contributed by atoms with Crippen LogP contribution in [0.15, 0.2) is 24.3 Å². The zero-order valence-corrected chi connectivity index (χ0v) is 10.2. The third kappa shape index (κ3) is 4.53. The van der Waals surface area contributed by atoms with Crippen LogP contribution in [0.1, 0.15) is 18.1 Å². The molecule has 6 heteroatoms. The number of aliphatic hydroxyl groups is 1. The van der Waals surface area contributed by atoms with Gasteiger partial charge in [-0.15, -0.1) is 0 Å². The highest BCUT2D eigenvalue weighted by Crippen LogP contribution is 2.07. The van der Waals surface area contributed by atoms with Gasteiger partial charge in [-0.05, 0) is 24.6 Å². The summed E-state index contributed by atoms with van der Waals surface area (Å²) in [5, 5.41) is 17.4. The number of rotatable bonds is 5. The van der Waals surface area contributed by atoms with Gasteiger partial charge in [-0.25, -0.2) is 13.1 Å². The number of nitrogens with zero attached hydrogens (tertiary/aromatic N) is 1. The van der Waals surface area contributed by atoms with Gasteiger partial charge >= 0.3 is 0 Å². The minimum Gasteiger partial charge on any atom is -0.395 e. The molecular formula is C11H14N2O3S. The summed E-state index contributed by atoms with van der Waals surface area (Å²) in [5.74, 6) is -0.164. The number of nitriles is 1. The number of hydrogen-bond donors (Lipinski definition) is 2. The van der Waals surface area contributed by atoms with E-state index in [9.17, 15) is 8.42 Å². The molecule has 1 aromatic carbocycles. The highest BCUT2D eigenvalue weighted by Gasteiger charge is 2.14. The first-order valence-corrected chi connectivity index (χ1v) is 6.72. The standard InChI is InChI=1S/C11H14N2O3S/c1-9(7-14)13-17(15,16)8-11-4-2-10(6-12)3-5-11/h2-5,9,13-14H,7-8H2,1H3/t9-/m0/s1. The quantitative estimate of drug-likeness (QED) is 0.793. The molecule has 0 aliphatic rings. The van der Waals surface area contributed by atoms with Crippen LogP contribution in [0.4, 0.5) is 0 Å². The summed E-state index contributed by atoms with van der Waals surface area (Å²) in [6.45, 7) is 1.34. The first kappa shape index (κ1) is 13.6. The van der Waals surface area contributed by atoms with Crippen LogP contribution in [0, 0.1) is 11.3 Å². The number of benzene rings is 1. The van der Waals surface area contributed by atoms with Crippen LogP contribution < -0.4 is 4.72 Å². The van der Waals surface area contributed by atoms with Crippen LogP contribution in [0.2, 0.25) is 0 Å². The zero-order chi connectivity index (χ0) is 12.9. The Morgan fingerprint density at radius 3 is 2.47 bits per heavy atom. The van der Waals surface area contributed by atoms with Gasteiger partial charge in [-0.3, -0.25) is 0 Å². The first-order chi connectivity index (χ1) is 7.96. The Morgan fingerprint density at radius 1 is 1.41 bits per heavy atom. The van der Waals surface area contributed by atoms with Gasteiger partial charge in [-0.2, -0.15) is 5.26 Å². The molecular weight excluding hydrogens is 240 g/mol. The van der Waals surface area contributed by atoms with Crippen molar-refractivity contribution in [1.82, 2.24) is 4.72 Å². The van der Waals surface area contributed by atoms with E-state index < -0.39 is 16.1 Å². The molecule has 0 aliphatic carbocycles. The van der Waals surface area contributed by atoms with Crippen LogP contribution in [-0.4, -0.2) is 26.2 Å². The molecule has 92 valence electrons. The van der Waals surface area contributed by atoms with Gasteiger partial charge in [-0.1, -0.05) is 12.1 Å². The smallest absolute Gasteiger partial charge is 0.216 e. The normalized spacial score (nSPS) is 13.0. The Bertz CT molecular complexity index is 503. The molecule has 1 rings (SSSR count). The van der Waals surface area contributed by atoms with E-state index in [0.29, 0.717) is 11.1 Å². The molecule has 0 heterocycles. The van der Waals surface area contributed by atoms with E-state index in [-0.39, 0.29) is 12.4 Å². The predicted molar refractivity (Wildman–Crippen MR) is 63.5 cm³/mol. The Hall–Kier alpha value is -1.42. The van der Waals surface area contributed by atoms with Crippen LogP contribution in [0.5, 0.6) is 0 Å². The van der Waals surface area contributed by atoms with Gasteiger partial charge in [0, 0.05) is 6.04 Å². The van der Waals surface area contributed by atoms with E-state index in [4.69, 9.17) is 10.4 Å². The minimum atomic E-state index is -3.46. The lowest BCUT2D eigenvalue weighted by atomic mass is 10.2. The van der Waals surface area contributed by atoms with E-state index in [1.54, 1.807) is 31.2 Å². The highest BCUT2D eigenvalue weighted by molar-refractivity contribution is 7.88. The van der Waals surface area contributed by atoms with Gasteiger partial charge in [0.15, 0.2) is 0 Å². The molecule has 0 aliphatic heterocycles. The third-order valence-corrected chi connectivity index (χ3v) is 3.57. The average Bonchev–Trinajstić information content (AvgIpc) is 2.28. The Balaban J connectivity index is 2.73. The van der Waals surface area contributed by atoms with Gasteiger partial charge in [0.1, 0.15) is 0 Å². The molecule has 0 saturated carbocycles. The lowest BCUT2D eigenvalue weighted by molar-refractivity contribution is 0.265. The Labute approximate surface area is 101 Å². The molecule has 2 N–H and O–H groups in total. The largest absolute Gasteiger partial charge is 0.395 e. The summed E-state index contributed by atoms with van der Waals surface area (Å²) in [6, 6.07) is 7.80.